The number of aryl methyl sites for hydroxylation is 2. The number of Topliss-reactive ketones (excluding diaryl/α,β-unsaturated/α-hetero) is 1. The monoisotopic (exact) mass is 458 g/mol. The standard InChI is InChI=1S/C21H22N4O2S3/c1-4-25-20(27)17-13-6-5-11(2)7-16(13)30-19(17)24-21(25)29-10-15(26)14(8-22)18-23-12(3)9-28-18/h9,11,14H,4-7,10H2,1-3H3. The molecular formula is C21H22N4O2S3. The highest BCUT2D eigenvalue weighted by Gasteiger charge is 2.26. The minimum absolute atomic E-state index is 0.0168. The van der Waals surface area contributed by atoms with Gasteiger partial charge in [0.2, 0.25) is 0 Å². The Morgan fingerprint density at radius 1 is 1.47 bits per heavy atom. The van der Waals surface area contributed by atoms with Crippen LogP contribution in [0.1, 0.15) is 47.3 Å². The first-order valence-electron chi connectivity index (χ1n) is 9.95. The quantitative estimate of drug-likeness (QED) is 0.403. The molecule has 0 aliphatic heterocycles. The van der Waals surface area contributed by atoms with Gasteiger partial charge in [-0.2, -0.15) is 5.26 Å². The van der Waals surface area contributed by atoms with Gasteiger partial charge in [0, 0.05) is 22.5 Å². The van der Waals surface area contributed by atoms with Crippen molar-refractivity contribution in [2.45, 2.75) is 57.7 Å². The molecule has 0 radical (unpaired) electrons. The molecule has 0 saturated carbocycles. The Hall–Kier alpha value is -2.02. The van der Waals surface area contributed by atoms with Crippen molar-refractivity contribution >= 4 is 50.4 Å². The molecular weight excluding hydrogens is 436 g/mol. The lowest BCUT2D eigenvalue weighted by molar-refractivity contribution is -0.116. The van der Waals surface area contributed by atoms with Gasteiger partial charge in [-0.3, -0.25) is 14.2 Å². The van der Waals surface area contributed by atoms with E-state index < -0.39 is 5.92 Å². The summed E-state index contributed by atoms with van der Waals surface area (Å²) in [4.78, 5) is 37.0. The first kappa shape index (κ1) is 21.2. The third-order valence-electron chi connectivity index (χ3n) is 5.37. The smallest absolute Gasteiger partial charge is 0.263 e. The third-order valence-corrected chi connectivity index (χ3v) is 8.55. The Balaban J connectivity index is 1.63. The Kier molecular flexibility index (Phi) is 6.09. The Morgan fingerprint density at radius 2 is 2.27 bits per heavy atom. The van der Waals surface area contributed by atoms with Crippen LogP contribution in [0.5, 0.6) is 0 Å². The van der Waals surface area contributed by atoms with Crippen LogP contribution in [0.3, 0.4) is 0 Å². The topological polar surface area (TPSA) is 88.6 Å². The summed E-state index contributed by atoms with van der Waals surface area (Å²) < 4.78 is 1.65. The van der Waals surface area contributed by atoms with E-state index in [1.54, 1.807) is 15.9 Å². The normalized spacial score (nSPS) is 16.9. The fraction of sp³-hybridized carbons (Fsp3) is 0.476. The predicted octanol–water partition coefficient (Wildman–Crippen LogP) is 4.34. The molecule has 30 heavy (non-hydrogen) atoms. The second-order valence-corrected chi connectivity index (χ2v) is 10.5. The molecule has 2 unspecified atom stereocenters. The van der Waals surface area contributed by atoms with Crippen LogP contribution in [-0.4, -0.2) is 26.1 Å². The molecule has 1 aliphatic rings. The van der Waals surface area contributed by atoms with Crippen LogP contribution in [-0.2, 0) is 24.2 Å². The Morgan fingerprint density at radius 3 is 2.93 bits per heavy atom. The molecule has 1 aliphatic carbocycles. The number of nitriles is 1. The van der Waals surface area contributed by atoms with E-state index in [2.05, 4.69) is 18.0 Å². The molecule has 3 aromatic heterocycles. The number of thiazole rings is 1. The lowest BCUT2D eigenvalue weighted by Gasteiger charge is -2.17. The van der Waals surface area contributed by atoms with Crippen molar-refractivity contribution in [1.82, 2.24) is 14.5 Å². The molecule has 4 rings (SSSR count). The van der Waals surface area contributed by atoms with Crippen LogP contribution in [0, 0.1) is 24.2 Å². The lowest BCUT2D eigenvalue weighted by atomic mass is 9.89. The fourth-order valence-corrected chi connectivity index (χ4v) is 7.04. The van der Waals surface area contributed by atoms with Crippen molar-refractivity contribution in [2.24, 2.45) is 5.92 Å². The van der Waals surface area contributed by atoms with Crippen molar-refractivity contribution in [3.63, 3.8) is 0 Å². The average Bonchev–Trinajstić information content (AvgIpc) is 3.29. The van der Waals surface area contributed by atoms with Gasteiger partial charge in [-0.1, -0.05) is 18.7 Å². The van der Waals surface area contributed by atoms with E-state index in [-0.39, 0.29) is 17.1 Å². The molecule has 0 N–H and O–H groups in total. The van der Waals surface area contributed by atoms with Crippen LogP contribution < -0.4 is 5.56 Å². The highest BCUT2D eigenvalue weighted by atomic mass is 32.2. The minimum atomic E-state index is -0.878. The zero-order chi connectivity index (χ0) is 21.4. The molecule has 0 fully saturated rings. The minimum Gasteiger partial charge on any atom is -0.297 e. The first-order valence-corrected chi connectivity index (χ1v) is 12.6. The zero-order valence-corrected chi connectivity index (χ0v) is 19.5. The number of hydrogen-bond donors (Lipinski definition) is 0. The number of thioether (sulfide) groups is 1. The lowest BCUT2D eigenvalue weighted by Crippen LogP contribution is -2.24. The second kappa shape index (κ2) is 8.61. The molecule has 9 heteroatoms. The van der Waals surface area contributed by atoms with Crippen LogP contribution in [0.4, 0.5) is 0 Å². The van der Waals surface area contributed by atoms with Gasteiger partial charge in [-0.05, 0) is 44.6 Å². The number of ketones is 1. The Bertz CT molecular complexity index is 1220. The predicted molar refractivity (Wildman–Crippen MR) is 122 cm³/mol. The Labute approximate surface area is 187 Å². The number of nitrogens with zero attached hydrogens (tertiary/aromatic N) is 4. The first-order chi connectivity index (χ1) is 14.4. The van der Waals surface area contributed by atoms with Crippen LogP contribution >= 0.6 is 34.4 Å². The average molecular weight is 459 g/mol. The summed E-state index contributed by atoms with van der Waals surface area (Å²) in [6.45, 7) is 6.49. The van der Waals surface area contributed by atoms with Crippen molar-refractivity contribution in [2.75, 3.05) is 5.75 Å². The molecule has 0 saturated heterocycles. The second-order valence-electron chi connectivity index (χ2n) is 7.62. The number of hydrogen-bond acceptors (Lipinski definition) is 8. The zero-order valence-electron chi connectivity index (χ0n) is 17.1. The van der Waals surface area contributed by atoms with Crippen molar-refractivity contribution in [1.29, 1.82) is 5.26 Å². The van der Waals surface area contributed by atoms with Gasteiger partial charge in [0.15, 0.2) is 16.9 Å². The van der Waals surface area contributed by atoms with Gasteiger partial charge in [-0.25, -0.2) is 9.97 Å². The number of aromatic nitrogens is 3. The largest absolute Gasteiger partial charge is 0.297 e. The molecule has 2 atom stereocenters. The summed E-state index contributed by atoms with van der Waals surface area (Å²) in [6, 6.07) is 2.07. The van der Waals surface area contributed by atoms with Gasteiger partial charge in [0.05, 0.1) is 17.2 Å². The number of fused-ring (bicyclic) bond motifs is 3. The van der Waals surface area contributed by atoms with E-state index in [1.807, 2.05) is 19.2 Å². The molecule has 0 spiro atoms. The number of carbonyl (C=O) groups excluding carboxylic acids is 1. The maximum atomic E-state index is 13.2. The van der Waals surface area contributed by atoms with E-state index in [0.717, 1.165) is 35.2 Å². The molecule has 6 nitrogen and oxygen atoms in total. The number of carbonyl (C=O) groups is 1. The van der Waals surface area contributed by atoms with E-state index in [4.69, 9.17) is 4.98 Å². The van der Waals surface area contributed by atoms with E-state index in [0.29, 0.717) is 22.6 Å². The van der Waals surface area contributed by atoms with Gasteiger partial charge in [0.1, 0.15) is 9.84 Å². The number of thiophene rings is 1. The highest BCUT2D eigenvalue weighted by Crippen LogP contribution is 2.36. The SMILES string of the molecule is CCn1c(SCC(=O)C(C#N)c2nc(C)cs2)nc2sc3c(c2c1=O)CCC(C)C3. The maximum Gasteiger partial charge on any atom is 0.263 e. The third kappa shape index (κ3) is 3.84. The summed E-state index contributed by atoms with van der Waals surface area (Å²) in [6.07, 6.45) is 3.03. The molecule has 156 valence electrons. The molecule has 0 aromatic carbocycles. The maximum absolute atomic E-state index is 13.2. The van der Waals surface area contributed by atoms with Crippen molar-refractivity contribution in [3.05, 3.63) is 36.9 Å². The van der Waals surface area contributed by atoms with Crippen LogP contribution in [0.15, 0.2) is 15.3 Å². The molecule has 0 bridgehead atoms. The molecule has 3 heterocycles. The summed E-state index contributed by atoms with van der Waals surface area (Å²) in [7, 11) is 0. The van der Waals surface area contributed by atoms with E-state index in [1.165, 1.54) is 33.5 Å². The van der Waals surface area contributed by atoms with Gasteiger partial charge in [0.25, 0.3) is 5.56 Å². The molecule has 0 amide bonds. The van der Waals surface area contributed by atoms with E-state index >= 15 is 0 Å². The summed E-state index contributed by atoms with van der Waals surface area (Å²) in [5, 5.41) is 13.1. The van der Waals surface area contributed by atoms with Gasteiger partial charge >= 0.3 is 0 Å². The van der Waals surface area contributed by atoms with Crippen molar-refractivity contribution < 1.29 is 4.79 Å². The molecule has 3 aromatic rings. The van der Waals surface area contributed by atoms with Gasteiger partial charge < -0.3 is 0 Å². The van der Waals surface area contributed by atoms with Gasteiger partial charge in [-0.15, -0.1) is 22.7 Å². The fourth-order valence-electron chi connectivity index (χ4n) is 3.78. The van der Waals surface area contributed by atoms with Crippen LogP contribution in [0.2, 0.25) is 0 Å². The number of rotatable bonds is 6. The van der Waals surface area contributed by atoms with Crippen molar-refractivity contribution in [3.8, 4) is 6.07 Å². The summed E-state index contributed by atoms with van der Waals surface area (Å²) in [5.74, 6) is -0.384. The summed E-state index contributed by atoms with van der Waals surface area (Å²) in [5.41, 5.74) is 1.96. The summed E-state index contributed by atoms with van der Waals surface area (Å²) >= 11 is 4.17. The van der Waals surface area contributed by atoms with E-state index in [9.17, 15) is 14.9 Å². The highest BCUT2D eigenvalue weighted by molar-refractivity contribution is 7.99. The van der Waals surface area contributed by atoms with Crippen LogP contribution in [0.25, 0.3) is 10.2 Å².